The fourth-order valence-electron chi connectivity index (χ4n) is 3.87. The van der Waals surface area contributed by atoms with E-state index in [-0.39, 0.29) is 0 Å². The van der Waals surface area contributed by atoms with E-state index < -0.39 is 11.6 Å². The van der Waals surface area contributed by atoms with Crippen molar-refractivity contribution in [2.75, 3.05) is 36.4 Å². The molecule has 1 saturated heterocycles. The predicted octanol–water partition coefficient (Wildman–Crippen LogP) is 3.91. The molecule has 0 saturated carbocycles. The Hall–Kier alpha value is -3.52. The van der Waals surface area contributed by atoms with Gasteiger partial charge in [0.25, 0.3) is 0 Å². The minimum Gasteiger partial charge on any atom is -0.369 e. The van der Waals surface area contributed by atoms with Gasteiger partial charge in [0.2, 0.25) is 5.95 Å². The number of hydrogen-bond acceptors (Lipinski definition) is 5. The lowest BCUT2D eigenvalue weighted by Crippen LogP contribution is -2.43. The van der Waals surface area contributed by atoms with Crippen LogP contribution in [0.15, 0.2) is 60.9 Å². The number of fused-ring (bicyclic) bond motifs is 1. The Morgan fingerprint density at radius 2 is 1.71 bits per heavy atom. The second-order valence-corrected chi connectivity index (χ2v) is 7.60. The summed E-state index contributed by atoms with van der Waals surface area (Å²) in [5.41, 5.74) is 3.31. The molecule has 0 bridgehead atoms. The number of anilines is 3. The average Bonchev–Trinajstić information content (AvgIpc) is 3.16. The number of benzene rings is 2. The zero-order valence-corrected chi connectivity index (χ0v) is 16.9. The second-order valence-electron chi connectivity index (χ2n) is 7.60. The lowest BCUT2D eigenvalue weighted by atomic mass is 10.2. The van der Waals surface area contributed by atoms with Gasteiger partial charge in [0.05, 0.1) is 0 Å². The van der Waals surface area contributed by atoms with Gasteiger partial charge in [-0.05, 0) is 48.0 Å². The van der Waals surface area contributed by atoms with Crippen LogP contribution in [0.4, 0.5) is 26.1 Å². The SMILES string of the molecule is Fc1cc(F)cc(Cn2ccc3cnc(Nc4ccc(N5CCNCC5)cc4)nc32)c1. The third kappa shape index (κ3) is 4.34. The maximum Gasteiger partial charge on any atom is 0.229 e. The summed E-state index contributed by atoms with van der Waals surface area (Å²) in [5.74, 6) is -0.715. The number of nitrogens with one attached hydrogen (secondary N) is 2. The van der Waals surface area contributed by atoms with E-state index in [1.54, 1.807) is 6.20 Å². The van der Waals surface area contributed by atoms with Crippen molar-refractivity contribution in [3.63, 3.8) is 0 Å². The molecule has 1 fully saturated rings. The van der Waals surface area contributed by atoms with Crippen LogP contribution in [0.1, 0.15) is 5.56 Å². The third-order valence-corrected chi connectivity index (χ3v) is 5.38. The average molecular weight is 420 g/mol. The largest absolute Gasteiger partial charge is 0.369 e. The van der Waals surface area contributed by atoms with E-state index in [1.165, 1.54) is 17.8 Å². The molecular weight excluding hydrogens is 398 g/mol. The number of hydrogen-bond donors (Lipinski definition) is 2. The highest BCUT2D eigenvalue weighted by atomic mass is 19.1. The van der Waals surface area contributed by atoms with Crippen LogP contribution in [0.5, 0.6) is 0 Å². The van der Waals surface area contributed by atoms with E-state index in [0.717, 1.165) is 43.3 Å². The van der Waals surface area contributed by atoms with Gasteiger partial charge in [0.15, 0.2) is 0 Å². The van der Waals surface area contributed by atoms with Crippen molar-refractivity contribution in [2.45, 2.75) is 6.54 Å². The predicted molar refractivity (Wildman–Crippen MR) is 118 cm³/mol. The molecule has 4 aromatic rings. The van der Waals surface area contributed by atoms with E-state index in [1.807, 2.05) is 29.0 Å². The quantitative estimate of drug-likeness (QED) is 0.513. The van der Waals surface area contributed by atoms with Gasteiger partial charge in [0.1, 0.15) is 17.3 Å². The minimum absolute atomic E-state index is 0.314. The van der Waals surface area contributed by atoms with E-state index >= 15 is 0 Å². The van der Waals surface area contributed by atoms with Crippen molar-refractivity contribution in [3.8, 4) is 0 Å². The van der Waals surface area contributed by atoms with Crippen LogP contribution in [0.2, 0.25) is 0 Å². The summed E-state index contributed by atoms with van der Waals surface area (Å²) in [6.07, 6.45) is 3.58. The van der Waals surface area contributed by atoms with Gasteiger partial charge in [-0.2, -0.15) is 4.98 Å². The molecule has 1 aliphatic heterocycles. The van der Waals surface area contributed by atoms with E-state index in [2.05, 4.69) is 37.6 Å². The van der Waals surface area contributed by atoms with Gasteiger partial charge < -0.3 is 20.1 Å². The normalized spacial score (nSPS) is 14.2. The van der Waals surface area contributed by atoms with Gasteiger partial charge >= 0.3 is 0 Å². The lowest BCUT2D eigenvalue weighted by Gasteiger charge is -2.29. The molecule has 31 heavy (non-hydrogen) atoms. The monoisotopic (exact) mass is 420 g/mol. The highest BCUT2D eigenvalue weighted by Crippen LogP contribution is 2.22. The maximum absolute atomic E-state index is 13.5. The summed E-state index contributed by atoms with van der Waals surface area (Å²) in [6, 6.07) is 13.6. The summed E-state index contributed by atoms with van der Waals surface area (Å²) in [4.78, 5) is 11.4. The topological polar surface area (TPSA) is 58.0 Å². The van der Waals surface area contributed by atoms with Crippen molar-refractivity contribution in [2.24, 2.45) is 0 Å². The van der Waals surface area contributed by atoms with E-state index in [4.69, 9.17) is 0 Å². The molecule has 0 amide bonds. The van der Waals surface area contributed by atoms with Crippen LogP contribution in [-0.2, 0) is 6.54 Å². The van der Waals surface area contributed by atoms with Gasteiger partial charge in [-0.3, -0.25) is 0 Å². The number of piperazine rings is 1. The molecule has 0 unspecified atom stereocenters. The van der Waals surface area contributed by atoms with Gasteiger partial charge in [-0.25, -0.2) is 13.8 Å². The van der Waals surface area contributed by atoms with E-state index in [9.17, 15) is 8.78 Å². The van der Waals surface area contributed by atoms with Crippen LogP contribution in [0.3, 0.4) is 0 Å². The standard InChI is InChI=1S/C23H22F2N6/c24-18-11-16(12-19(25)13-18)15-31-8-5-17-14-27-23(29-22(17)31)28-20-1-3-21(4-2-20)30-9-6-26-7-10-30/h1-5,8,11-14,26H,6-7,9-10,15H2,(H,27,28,29). The molecule has 0 aliphatic carbocycles. The van der Waals surface area contributed by atoms with Crippen molar-refractivity contribution < 1.29 is 8.78 Å². The molecule has 5 rings (SSSR count). The summed E-state index contributed by atoms with van der Waals surface area (Å²) >= 11 is 0. The zero-order valence-electron chi connectivity index (χ0n) is 16.9. The molecule has 2 N–H and O–H groups in total. The van der Waals surface area contributed by atoms with Crippen molar-refractivity contribution in [3.05, 3.63) is 78.1 Å². The Kier molecular flexibility index (Phi) is 5.21. The number of halogens is 2. The van der Waals surface area contributed by atoms with Crippen molar-refractivity contribution in [1.82, 2.24) is 19.9 Å². The first-order chi connectivity index (χ1) is 15.1. The summed E-state index contributed by atoms with van der Waals surface area (Å²) in [7, 11) is 0. The Morgan fingerprint density at radius 1 is 0.968 bits per heavy atom. The molecular formula is C23H22F2N6. The highest BCUT2D eigenvalue weighted by molar-refractivity contribution is 5.77. The van der Waals surface area contributed by atoms with Crippen LogP contribution in [0.25, 0.3) is 11.0 Å². The minimum atomic E-state index is -0.590. The highest BCUT2D eigenvalue weighted by Gasteiger charge is 2.11. The van der Waals surface area contributed by atoms with Gasteiger partial charge in [-0.15, -0.1) is 0 Å². The molecule has 0 spiro atoms. The molecule has 2 aromatic carbocycles. The Labute approximate surface area is 178 Å². The van der Waals surface area contributed by atoms with Crippen LogP contribution < -0.4 is 15.5 Å². The fraction of sp³-hybridized carbons (Fsp3) is 0.217. The van der Waals surface area contributed by atoms with Crippen LogP contribution in [0, 0.1) is 11.6 Å². The smallest absolute Gasteiger partial charge is 0.229 e. The summed E-state index contributed by atoms with van der Waals surface area (Å²) < 4.78 is 28.9. The van der Waals surface area contributed by atoms with Crippen molar-refractivity contribution >= 4 is 28.4 Å². The van der Waals surface area contributed by atoms with Gasteiger partial charge in [-0.1, -0.05) is 0 Å². The zero-order chi connectivity index (χ0) is 21.2. The third-order valence-electron chi connectivity index (χ3n) is 5.38. The first kappa shape index (κ1) is 19.4. The fourth-order valence-corrected chi connectivity index (χ4v) is 3.87. The molecule has 2 aromatic heterocycles. The molecule has 3 heterocycles. The Morgan fingerprint density at radius 3 is 2.45 bits per heavy atom. The van der Waals surface area contributed by atoms with Crippen LogP contribution >= 0.6 is 0 Å². The molecule has 0 radical (unpaired) electrons. The molecule has 158 valence electrons. The summed E-state index contributed by atoms with van der Waals surface area (Å²) in [5, 5.41) is 7.45. The first-order valence-electron chi connectivity index (χ1n) is 10.2. The first-order valence-corrected chi connectivity index (χ1v) is 10.2. The van der Waals surface area contributed by atoms with Crippen LogP contribution in [-0.4, -0.2) is 40.7 Å². The Balaban J connectivity index is 1.35. The van der Waals surface area contributed by atoms with E-state index in [0.29, 0.717) is 23.7 Å². The molecule has 6 nitrogen and oxygen atoms in total. The Bertz CT molecular complexity index is 1180. The summed E-state index contributed by atoms with van der Waals surface area (Å²) in [6.45, 7) is 4.30. The molecule has 1 aliphatic rings. The number of aromatic nitrogens is 3. The number of rotatable bonds is 5. The maximum atomic E-state index is 13.5. The second kappa shape index (κ2) is 8.31. The number of nitrogens with zero attached hydrogens (tertiary/aromatic N) is 4. The van der Waals surface area contributed by atoms with Gasteiger partial charge in [0, 0.05) is 67.9 Å². The van der Waals surface area contributed by atoms with Crippen molar-refractivity contribution in [1.29, 1.82) is 0 Å². The lowest BCUT2D eigenvalue weighted by molar-refractivity contribution is 0.578. The molecule has 8 heteroatoms. The molecule has 0 atom stereocenters.